The van der Waals surface area contributed by atoms with Crippen molar-refractivity contribution in [1.82, 2.24) is 19.6 Å². The fraction of sp³-hybridized carbons (Fsp3) is 0.333. The third-order valence-corrected chi connectivity index (χ3v) is 6.34. The molecule has 0 aliphatic carbocycles. The van der Waals surface area contributed by atoms with Gasteiger partial charge in [-0.3, -0.25) is 14.9 Å². The molecule has 1 aromatic heterocycles. The molecule has 4 N–H and O–H groups in total. The predicted molar refractivity (Wildman–Crippen MR) is 128 cm³/mol. The van der Waals surface area contributed by atoms with E-state index >= 15 is 0 Å². The number of fused-ring (bicyclic) bond motifs is 1. The first-order valence-electron chi connectivity index (χ1n) is 10.4. The number of likely N-dealkylation sites (N-methyl/N-ethyl adjacent to an activating group) is 1. The molecule has 0 radical (unpaired) electrons. The number of hydrogen-bond donors (Lipinski definition) is 3. The number of benzene rings is 2. The van der Waals surface area contributed by atoms with Crippen molar-refractivity contribution in [1.29, 1.82) is 0 Å². The normalized spacial score (nSPS) is 11.8. The van der Waals surface area contributed by atoms with Gasteiger partial charge in [0.1, 0.15) is 17.3 Å². The smallest absolute Gasteiger partial charge is 0.293 e. The predicted octanol–water partition coefficient (Wildman–Crippen LogP) is 1.71. The molecule has 0 aliphatic rings. The van der Waals surface area contributed by atoms with E-state index in [1.807, 2.05) is 25.9 Å². The van der Waals surface area contributed by atoms with Gasteiger partial charge in [-0.2, -0.15) is 0 Å². The van der Waals surface area contributed by atoms with Crippen molar-refractivity contribution in [2.75, 3.05) is 39.5 Å². The second-order valence-electron chi connectivity index (χ2n) is 7.81. The zero-order valence-corrected chi connectivity index (χ0v) is 19.8. The Labute approximate surface area is 196 Å². The zero-order chi connectivity index (χ0) is 25.0. The van der Waals surface area contributed by atoms with Gasteiger partial charge in [-0.1, -0.05) is 6.92 Å². The Hall–Kier alpha value is -3.55. The number of nitrogens with zero attached hydrogens (tertiary/aromatic N) is 3. The van der Waals surface area contributed by atoms with Gasteiger partial charge >= 0.3 is 0 Å². The Balaban J connectivity index is 2.14. The van der Waals surface area contributed by atoms with Crippen LogP contribution >= 0.6 is 0 Å². The molecule has 0 aliphatic heterocycles. The van der Waals surface area contributed by atoms with Crippen molar-refractivity contribution in [2.24, 2.45) is 0 Å². The van der Waals surface area contributed by atoms with E-state index in [9.17, 15) is 23.3 Å². The summed E-state index contributed by atoms with van der Waals surface area (Å²) in [4.78, 5) is 32.0. The molecule has 34 heavy (non-hydrogen) atoms. The topological polar surface area (TPSA) is 174 Å². The number of aromatic nitrogens is 2. The van der Waals surface area contributed by atoms with Crippen LogP contribution in [0.25, 0.3) is 22.3 Å². The lowest BCUT2D eigenvalue weighted by molar-refractivity contribution is -0.383. The number of anilines is 1. The van der Waals surface area contributed by atoms with Crippen LogP contribution in [0.3, 0.4) is 0 Å². The average molecular weight is 491 g/mol. The molecule has 182 valence electrons. The lowest BCUT2D eigenvalue weighted by Crippen LogP contribution is -2.31. The largest absolute Gasteiger partial charge is 0.493 e. The maximum atomic E-state index is 12.8. The van der Waals surface area contributed by atoms with E-state index in [1.165, 1.54) is 24.3 Å². The second-order valence-corrected chi connectivity index (χ2v) is 9.57. The Bertz CT molecular complexity index is 1390. The molecular weight excluding hydrogens is 464 g/mol. The Morgan fingerprint density at radius 3 is 2.65 bits per heavy atom. The maximum absolute atomic E-state index is 12.8. The van der Waals surface area contributed by atoms with Crippen molar-refractivity contribution in [3.05, 3.63) is 50.8 Å². The first kappa shape index (κ1) is 25.1. The highest BCUT2D eigenvalue weighted by Crippen LogP contribution is 2.32. The highest BCUT2D eigenvalue weighted by Gasteiger charge is 2.21. The van der Waals surface area contributed by atoms with Crippen LogP contribution in [-0.4, -0.2) is 62.0 Å². The van der Waals surface area contributed by atoms with Crippen LogP contribution in [-0.2, 0) is 10.0 Å². The van der Waals surface area contributed by atoms with Gasteiger partial charge in [0.25, 0.3) is 11.2 Å². The molecule has 3 aromatic rings. The standard InChI is InChI=1S/C21H26N6O6S/c1-4-9-33-19-6-5-13(34(31,32)23-7-8-26(2)3)10-15(19)20-24-17-12-16(22)18(27(29)30)11-14(17)21(28)25-20/h5-6,10-12,23H,4,7-9,22H2,1-3H3,(H,24,25,28). The number of sulfonamides is 1. The van der Waals surface area contributed by atoms with Gasteiger partial charge in [-0.25, -0.2) is 18.1 Å². The van der Waals surface area contributed by atoms with Crippen LogP contribution in [0.4, 0.5) is 11.4 Å². The van der Waals surface area contributed by atoms with Crippen LogP contribution in [0.1, 0.15) is 13.3 Å². The molecule has 0 unspecified atom stereocenters. The molecule has 2 aromatic carbocycles. The molecular formula is C21H26N6O6S. The zero-order valence-electron chi connectivity index (χ0n) is 19.0. The number of nitro groups is 1. The van der Waals surface area contributed by atoms with Gasteiger partial charge in [0.2, 0.25) is 10.0 Å². The third kappa shape index (κ3) is 5.50. The van der Waals surface area contributed by atoms with Crippen LogP contribution < -0.4 is 20.8 Å². The SMILES string of the molecule is CCCOc1ccc(S(=O)(=O)NCCN(C)C)cc1-c1nc2cc(N)c([N+](=O)[O-])cc2c(=O)[nH]1. The molecule has 1 heterocycles. The van der Waals surface area contributed by atoms with E-state index in [4.69, 9.17) is 10.5 Å². The number of nitro benzene ring substituents is 1. The summed E-state index contributed by atoms with van der Waals surface area (Å²) < 4.78 is 33.9. The van der Waals surface area contributed by atoms with Crippen LogP contribution in [0.2, 0.25) is 0 Å². The summed E-state index contributed by atoms with van der Waals surface area (Å²) in [5.74, 6) is 0.369. The molecule has 0 atom stereocenters. The maximum Gasteiger partial charge on any atom is 0.293 e. The molecule has 0 fully saturated rings. The number of nitrogen functional groups attached to an aromatic ring is 1. The molecule has 3 rings (SSSR count). The summed E-state index contributed by atoms with van der Waals surface area (Å²) in [6, 6.07) is 6.57. The van der Waals surface area contributed by atoms with E-state index in [2.05, 4.69) is 14.7 Å². The fourth-order valence-electron chi connectivity index (χ4n) is 3.16. The number of nitrogens with two attached hydrogens (primary N) is 1. The molecule has 12 nitrogen and oxygen atoms in total. The third-order valence-electron chi connectivity index (χ3n) is 4.88. The quantitative estimate of drug-likeness (QED) is 0.217. The second kappa shape index (κ2) is 10.2. The minimum atomic E-state index is -3.85. The highest BCUT2D eigenvalue weighted by atomic mass is 32.2. The molecule has 0 saturated heterocycles. The van der Waals surface area contributed by atoms with Crippen molar-refractivity contribution in [2.45, 2.75) is 18.2 Å². The van der Waals surface area contributed by atoms with Crippen LogP contribution in [0, 0.1) is 10.1 Å². The first-order valence-corrected chi connectivity index (χ1v) is 11.9. The summed E-state index contributed by atoms with van der Waals surface area (Å²) in [6.07, 6.45) is 0.702. The van der Waals surface area contributed by atoms with E-state index in [0.29, 0.717) is 25.3 Å². The number of ether oxygens (including phenoxy) is 1. The van der Waals surface area contributed by atoms with Gasteiger partial charge in [0, 0.05) is 19.2 Å². The summed E-state index contributed by atoms with van der Waals surface area (Å²) in [5.41, 5.74) is 4.95. The molecule has 0 spiro atoms. The van der Waals surface area contributed by atoms with Gasteiger partial charge in [-0.15, -0.1) is 0 Å². The van der Waals surface area contributed by atoms with Gasteiger partial charge in [0.15, 0.2) is 0 Å². The van der Waals surface area contributed by atoms with E-state index in [0.717, 1.165) is 6.07 Å². The monoisotopic (exact) mass is 490 g/mol. The van der Waals surface area contributed by atoms with Crippen LogP contribution in [0.15, 0.2) is 40.0 Å². The minimum Gasteiger partial charge on any atom is -0.493 e. The Morgan fingerprint density at radius 2 is 2.00 bits per heavy atom. The average Bonchev–Trinajstić information content (AvgIpc) is 2.76. The van der Waals surface area contributed by atoms with Crippen LogP contribution in [0.5, 0.6) is 5.75 Å². The molecule has 13 heteroatoms. The van der Waals surface area contributed by atoms with Crippen molar-refractivity contribution < 1.29 is 18.1 Å². The lowest BCUT2D eigenvalue weighted by atomic mass is 10.1. The van der Waals surface area contributed by atoms with Gasteiger partial charge in [-0.05, 0) is 44.8 Å². The number of rotatable bonds is 10. The van der Waals surface area contributed by atoms with Gasteiger partial charge in [0.05, 0.1) is 32.9 Å². The van der Waals surface area contributed by atoms with Crippen molar-refractivity contribution in [3.63, 3.8) is 0 Å². The minimum absolute atomic E-state index is 0.0187. The number of aromatic amines is 1. The molecule has 0 saturated carbocycles. The van der Waals surface area contributed by atoms with E-state index in [-0.39, 0.29) is 39.4 Å². The summed E-state index contributed by atoms with van der Waals surface area (Å²) in [7, 11) is -0.188. The lowest BCUT2D eigenvalue weighted by Gasteiger charge is -2.14. The Kier molecular flexibility index (Phi) is 7.49. The summed E-state index contributed by atoms with van der Waals surface area (Å²) >= 11 is 0. The van der Waals surface area contributed by atoms with E-state index in [1.54, 1.807) is 0 Å². The summed E-state index contributed by atoms with van der Waals surface area (Å²) in [5, 5.41) is 11.1. The highest BCUT2D eigenvalue weighted by molar-refractivity contribution is 7.89. The number of H-pyrrole nitrogens is 1. The fourth-order valence-corrected chi connectivity index (χ4v) is 4.21. The van der Waals surface area contributed by atoms with Gasteiger partial charge < -0.3 is 20.4 Å². The first-order chi connectivity index (χ1) is 16.0. The molecule has 0 bridgehead atoms. The van der Waals surface area contributed by atoms with Crippen molar-refractivity contribution in [3.8, 4) is 17.1 Å². The van der Waals surface area contributed by atoms with Crippen molar-refractivity contribution >= 4 is 32.3 Å². The molecule has 0 amide bonds. The Morgan fingerprint density at radius 1 is 1.26 bits per heavy atom. The number of nitrogens with one attached hydrogen (secondary N) is 2. The van der Waals surface area contributed by atoms with E-state index < -0.39 is 26.2 Å². The number of hydrogen-bond acceptors (Lipinski definition) is 9. The summed E-state index contributed by atoms with van der Waals surface area (Å²) in [6.45, 7) is 2.99.